The van der Waals surface area contributed by atoms with Gasteiger partial charge in [0.15, 0.2) is 5.60 Å². The Hall–Kier alpha value is -3.60. The Bertz CT molecular complexity index is 1210. The van der Waals surface area contributed by atoms with Crippen LogP contribution in [0.4, 0.5) is 17.1 Å². The molecule has 4 N–H and O–H groups in total. The third-order valence-electron chi connectivity index (χ3n) is 7.05. The number of carbonyl (C=O) groups is 2. The van der Waals surface area contributed by atoms with Gasteiger partial charge >= 0.3 is 0 Å². The second-order valence-electron chi connectivity index (χ2n) is 9.58. The Balaban J connectivity index is 1.61. The monoisotopic (exact) mass is 508 g/mol. The minimum atomic E-state index is -2.01. The van der Waals surface area contributed by atoms with Crippen molar-refractivity contribution in [1.29, 1.82) is 0 Å². The summed E-state index contributed by atoms with van der Waals surface area (Å²) in [5.41, 5.74) is -0.331. The van der Waals surface area contributed by atoms with Gasteiger partial charge in [0.25, 0.3) is 11.6 Å². The number of fused-ring (bicyclic) bond motifs is 1. The number of nitrogens with zero attached hydrogens (tertiary/aromatic N) is 2. The number of amides is 2. The number of aliphatic hydroxyl groups is 2. The second kappa shape index (κ2) is 11.2. The topological polar surface area (TPSA) is 145 Å². The summed E-state index contributed by atoms with van der Waals surface area (Å²) >= 11 is 0. The fourth-order valence-corrected chi connectivity index (χ4v) is 4.97. The highest BCUT2D eigenvalue weighted by molar-refractivity contribution is 6.07. The Morgan fingerprint density at radius 2 is 2.16 bits per heavy atom. The van der Waals surface area contributed by atoms with Crippen LogP contribution in [0.15, 0.2) is 54.6 Å². The number of rotatable bonds is 9. The van der Waals surface area contributed by atoms with E-state index < -0.39 is 22.3 Å². The molecule has 4 rings (SSSR count). The van der Waals surface area contributed by atoms with Gasteiger partial charge in [-0.25, -0.2) is 0 Å². The van der Waals surface area contributed by atoms with E-state index in [0.29, 0.717) is 24.3 Å². The molecule has 2 aromatic rings. The molecule has 1 unspecified atom stereocenters. The SMILES string of the molecule is C[C@H](/C=C/CCO)[C@@]1(O)C(=O)N(Cc2cccc(NC(=O)C3CCCNC3)c2)c2ccc([N+](=O)[O-])cc21. The standard InChI is InChI=1S/C27H32N4O6/c1-18(6-2-3-13-32)27(35)23-15-22(31(36)37)10-11-24(23)30(26(27)34)17-19-7-4-9-21(14-19)29-25(33)20-8-5-12-28-16-20/h2,4,6-7,9-11,14-15,18,20,28,32,35H,3,5,8,12-13,16-17H2,1H3,(H,29,33)/b6-2+/t18-,20?,27+/m1/s1. The van der Waals surface area contributed by atoms with E-state index in [2.05, 4.69) is 10.6 Å². The zero-order valence-electron chi connectivity index (χ0n) is 20.7. The normalized spacial score (nSPS) is 22.2. The van der Waals surface area contributed by atoms with Crippen LogP contribution in [0.25, 0.3) is 0 Å². The molecule has 196 valence electrons. The van der Waals surface area contributed by atoms with E-state index >= 15 is 0 Å². The summed E-state index contributed by atoms with van der Waals surface area (Å²) in [6.45, 7) is 3.24. The van der Waals surface area contributed by atoms with Crippen LogP contribution in [0.1, 0.15) is 37.3 Å². The molecular formula is C27H32N4O6. The van der Waals surface area contributed by atoms with Gasteiger partial charge in [-0.3, -0.25) is 19.7 Å². The number of hydrogen-bond acceptors (Lipinski definition) is 7. The van der Waals surface area contributed by atoms with Crippen molar-refractivity contribution in [3.05, 3.63) is 75.9 Å². The first-order valence-electron chi connectivity index (χ1n) is 12.5. The highest BCUT2D eigenvalue weighted by atomic mass is 16.6. The van der Waals surface area contributed by atoms with Gasteiger partial charge in [-0.15, -0.1) is 0 Å². The number of piperidine rings is 1. The fraction of sp³-hybridized carbons (Fsp3) is 0.407. The Labute approximate surface area is 215 Å². The van der Waals surface area contributed by atoms with Gasteiger partial charge < -0.3 is 25.7 Å². The zero-order valence-corrected chi connectivity index (χ0v) is 20.7. The van der Waals surface area contributed by atoms with Gasteiger partial charge in [-0.05, 0) is 49.6 Å². The van der Waals surface area contributed by atoms with Gasteiger partial charge in [0, 0.05) is 42.5 Å². The number of non-ortho nitro benzene ring substituents is 1. The maximum Gasteiger partial charge on any atom is 0.269 e. The zero-order chi connectivity index (χ0) is 26.6. The summed E-state index contributed by atoms with van der Waals surface area (Å²) in [7, 11) is 0. The lowest BCUT2D eigenvalue weighted by Gasteiger charge is -2.27. The number of nitrogens with one attached hydrogen (secondary N) is 2. The lowest BCUT2D eigenvalue weighted by Crippen LogP contribution is -2.44. The molecule has 10 heteroatoms. The van der Waals surface area contributed by atoms with Crippen LogP contribution in [0.3, 0.4) is 0 Å². The van der Waals surface area contributed by atoms with Crippen molar-refractivity contribution in [3.8, 4) is 0 Å². The lowest BCUT2D eigenvalue weighted by atomic mass is 9.82. The molecule has 3 atom stereocenters. The van der Waals surface area contributed by atoms with Crippen molar-refractivity contribution in [2.24, 2.45) is 11.8 Å². The molecule has 2 aliphatic heterocycles. The highest BCUT2D eigenvalue weighted by Crippen LogP contribution is 2.47. The molecule has 0 aromatic heterocycles. The number of hydrogen-bond donors (Lipinski definition) is 4. The smallest absolute Gasteiger partial charge is 0.269 e. The van der Waals surface area contributed by atoms with E-state index in [1.165, 1.54) is 23.1 Å². The van der Waals surface area contributed by atoms with Crippen LogP contribution in [-0.2, 0) is 21.7 Å². The maximum atomic E-state index is 13.7. The van der Waals surface area contributed by atoms with Gasteiger partial charge in [-0.1, -0.05) is 31.2 Å². The molecule has 2 heterocycles. The number of anilines is 2. The van der Waals surface area contributed by atoms with Crippen LogP contribution in [0.2, 0.25) is 0 Å². The van der Waals surface area contributed by atoms with Crippen molar-refractivity contribution < 1.29 is 24.7 Å². The molecule has 0 aliphatic carbocycles. The van der Waals surface area contributed by atoms with E-state index in [9.17, 15) is 24.8 Å². The minimum absolute atomic E-state index is 0.0582. The quantitative estimate of drug-likeness (QED) is 0.232. The van der Waals surface area contributed by atoms with Gasteiger partial charge in [0.2, 0.25) is 5.91 Å². The number of aliphatic hydroxyl groups excluding tert-OH is 1. The van der Waals surface area contributed by atoms with Crippen LogP contribution < -0.4 is 15.5 Å². The summed E-state index contributed by atoms with van der Waals surface area (Å²) in [5, 5.41) is 38.4. The second-order valence-corrected chi connectivity index (χ2v) is 9.58. The predicted octanol–water partition coefficient (Wildman–Crippen LogP) is 2.84. The van der Waals surface area contributed by atoms with E-state index in [-0.39, 0.29) is 36.2 Å². The first kappa shape index (κ1) is 26.5. The first-order chi connectivity index (χ1) is 17.8. The third kappa shape index (κ3) is 5.41. The van der Waals surface area contributed by atoms with Crippen LogP contribution in [0.5, 0.6) is 0 Å². The molecule has 0 spiro atoms. The molecule has 0 radical (unpaired) electrons. The van der Waals surface area contributed by atoms with E-state index in [1.54, 1.807) is 37.3 Å². The molecule has 2 aliphatic rings. The maximum absolute atomic E-state index is 13.7. The van der Waals surface area contributed by atoms with Crippen molar-refractivity contribution in [2.45, 2.75) is 38.3 Å². The molecule has 10 nitrogen and oxygen atoms in total. The predicted molar refractivity (Wildman–Crippen MR) is 139 cm³/mol. The minimum Gasteiger partial charge on any atom is -0.396 e. The third-order valence-corrected chi connectivity index (χ3v) is 7.05. The Morgan fingerprint density at radius 1 is 1.35 bits per heavy atom. The average Bonchev–Trinajstić information content (AvgIpc) is 3.11. The van der Waals surface area contributed by atoms with Crippen molar-refractivity contribution >= 4 is 28.9 Å². The Morgan fingerprint density at radius 3 is 2.86 bits per heavy atom. The number of carbonyl (C=O) groups excluding carboxylic acids is 2. The number of benzene rings is 2. The van der Waals surface area contributed by atoms with Crippen LogP contribution >= 0.6 is 0 Å². The number of nitro benzene ring substituents is 1. The molecule has 1 fully saturated rings. The van der Waals surface area contributed by atoms with E-state index in [4.69, 9.17) is 5.11 Å². The van der Waals surface area contributed by atoms with E-state index in [0.717, 1.165) is 24.9 Å². The highest BCUT2D eigenvalue weighted by Gasteiger charge is 2.53. The molecule has 0 saturated carbocycles. The van der Waals surface area contributed by atoms with Crippen molar-refractivity contribution in [3.63, 3.8) is 0 Å². The van der Waals surface area contributed by atoms with Crippen molar-refractivity contribution in [1.82, 2.24) is 5.32 Å². The summed E-state index contributed by atoms with van der Waals surface area (Å²) < 4.78 is 0. The van der Waals surface area contributed by atoms with E-state index in [1.807, 2.05) is 6.07 Å². The summed E-state index contributed by atoms with van der Waals surface area (Å²) in [4.78, 5) is 38.6. The van der Waals surface area contributed by atoms with Gasteiger partial charge in [0.05, 0.1) is 23.1 Å². The van der Waals surface area contributed by atoms with Crippen molar-refractivity contribution in [2.75, 3.05) is 29.9 Å². The molecule has 1 saturated heterocycles. The van der Waals surface area contributed by atoms with Gasteiger partial charge in [-0.2, -0.15) is 0 Å². The summed E-state index contributed by atoms with van der Waals surface area (Å²) in [5.74, 6) is -1.45. The molecule has 37 heavy (non-hydrogen) atoms. The fourth-order valence-electron chi connectivity index (χ4n) is 4.97. The number of nitro groups is 1. The lowest BCUT2D eigenvalue weighted by molar-refractivity contribution is -0.385. The molecule has 2 aromatic carbocycles. The summed E-state index contributed by atoms with van der Waals surface area (Å²) in [6, 6.07) is 11.2. The van der Waals surface area contributed by atoms with Gasteiger partial charge in [0.1, 0.15) is 0 Å². The summed E-state index contributed by atoms with van der Waals surface area (Å²) in [6.07, 6.45) is 5.44. The first-order valence-corrected chi connectivity index (χ1v) is 12.5. The molecular weight excluding hydrogens is 476 g/mol. The van der Waals surface area contributed by atoms with Crippen LogP contribution in [-0.4, -0.2) is 46.6 Å². The van der Waals surface area contributed by atoms with Crippen LogP contribution in [0, 0.1) is 22.0 Å². The molecule has 2 amide bonds. The average molecular weight is 509 g/mol. The Kier molecular flexibility index (Phi) is 8.01. The molecule has 0 bridgehead atoms. The largest absolute Gasteiger partial charge is 0.396 e.